The highest BCUT2D eigenvalue weighted by atomic mass is 16.3. The Labute approximate surface area is 167 Å². The summed E-state index contributed by atoms with van der Waals surface area (Å²) in [6, 6.07) is 27.2. The first-order valence-corrected chi connectivity index (χ1v) is 9.58. The monoisotopic (exact) mass is 372 g/mol. The van der Waals surface area contributed by atoms with Crippen LogP contribution in [-0.2, 0) is 0 Å². The molecule has 0 aliphatic heterocycles. The maximum atomic E-state index is 5.66. The second kappa shape index (κ2) is 6.28. The largest absolute Gasteiger partial charge is 0.462 e. The van der Waals surface area contributed by atoms with Crippen LogP contribution in [0, 0.1) is 0 Å². The Morgan fingerprint density at radius 3 is 2.48 bits per heavy atom. The highest BCUT2D eigenvalue weighted by Crippen LogP contribution is 2.35. The van der Waals surface area contributed by atoms with Gasteiger partial charge in [-0.3, -0.25) is 9.97 Å². The molecular weight excluding hydrogens is 356 g/mol. The number of benzene rings is 3. The van der Waals surface area contributed by atoms with E-state index in [1.807, 2.05) is 18.3 Å². The van der Waals surface area contributed by atoms with Crippen LogP contribution in [0.15, 0.2) is 102 Å². The summed E-state index contributed by atoms with van der Waals surface area (Å²) < 4.78 is 5.66. The lowest BCUT2D eigenvalue weighted by Crippen LogP contribution is -1.89. The smallest absolute Gasteiger partial charge is 0.160 e. The minimum absolute atomic E-state index is 0.816. The summed E-state index contributed by atoms with van der Waals surface area (Å²) in [6.07, 6.45) is 5.46. The Hall–Kier alpha value is -3.98. The molecule has 0 aliphatic rings. The lowest BCUT2D eigenvalue weighted by atomic mass is 9.98. The van der Waals surface area contributed by atoms with Crippen LogP contribution >= 0.6 is 0 Å². The van der Waals surface area contributed by atoms with Gasteiger partial charge in [0.1, 0.15) is 5.52 Å². The molecule has 3 aromatic carbocycles. The molecule has 0 amide bonds. The molecule has 29 heavy (non-hydrogen) atoms. The van der Waals surface area contributed by atoms with Gasteiger partial charge in [-0.1, -0.05) is 54.6 Å². The van der Waals surface area contributed by atoms with Gasteiger partial charge < -0.3 is 4.42 Å². The lowest BCUT2D eigenvalue weighted by Gasteiger charge is -2.09. The van der Waals surface area contributed by atoms with Gasteiger partial charge in [-0.15, -0.1) is 0 Å². The fourth-order valence-corrected chi connectivity index (χ4v) is 4.06. The first-order valence-electron chi connectivity index (χ1n) is 9.58. The predicted molar refractivity (Wildman–Crippen MR) is 118 cm³/mol. The quantitative estimate of drug-likeness (QED) is 0.333. The van der Waals surface area contributed by atoms with E-state index >= 15 is 0 Å². The summed E-state index contributed by atoms with van der Waals surface area (Å²) >= 11 is 0. The number of rotatable bonds is 2. The van der Waals surface area contributed by atoms with E-state index in [9.17, 15) is 0 Å². The maximum Gasteiger partial charge on any atom is 0.160 e. The first kappa shape index (κ1) is 16.0. The number of hydrogen-bond donors (Lipinski definition) is 0. The van der Waals surface area contributed by atoms with Gasteiger partial charge in [0.25, 0.3) is 0 Å². The van der Waals surface area contributed by atoms with Gasteiger partial charge in [-0.2, -0.15) is 0 Å². The van der Waals surface area contributed by atoms with E-state index in [0.717, 1.165) is 38.7 Å². The number of hydrogen-bond acceptors (Lipinski definition) is 3. The molecule has 0 fully saturated rings. The fourth-order valence-electron chi connectivity index (χ4n) is 4.06. The minimum Gasteiger partial charge on any atom is -0.462 e. The van der Waals surface area contributed by atoms with Crippen LogP contribution in [0.25, 0.3) is 55.0 Å². The second-order valence-electron chi connectivity index (χ2n) is 7.12. The van der Waals surface area contributed by atoms with Crippen LogP contribution in [0.2, 0.25) is 0 Å². The topological polar surface area (TPSA) is 38.9 Å². The van der Waals surface area contributed by atoms with Crippen LogP contribution in [0.5, 0.6) is 0 Å². The summed E-state index contributed by atoms with van der Waals surface area (Å²) in [7, 11) is 0. The van der Waals surface area contributed by atoms with Crippen molar-refractivity contribution in [1.29, 1.82) is 0 Å². The van der Waals surface area contributed by atoms with Crippen molar-refractivity contribution in [2.75, 3.05) is 0 Å². The Kier molecular flexibility index (Phi) is 3.47. The molecule has 3 heterocycles. The predicted octanol–water partition coefficient (Wildman–Crippen LogP) is 6.86. The Morgan fingerprint density at radius 1 is 0.655 bits per heavy atom. The van der Waals surface area contributed by atoms with Crippen LogP contribution in [0.4, 0.5) is 0 Å². The molecule has 3 aromatic heterocycles. The molecule has 6 rings (SSSR count). The van der Waals surface area contributed by atoms with E-state index in [4.69, 9.17) is 9.40 Å². The van der Waals surface area contributed by atoms with Crippen molar-refractivity contribution < 1.29 is 4.42 Å². The lowest BCUT2D eigenvalue weighted by molar-refractivity contribution is 0.618. The van der Waals surface area contributed by atoms with Gasteiger partial charge in [0, 0.05) is 34.3 Å². The fraction of sp³-hybridized carbons (Fsp3) is 0. The molecule has 136 valence electrons. The van der Waals surface area contributed by atoms with Crippen molar-refractivity contribution in [2.45, 2.75) is 0 Å². The van der Waals surface area contributed by atoms with Gasteiger partial charge >= 0.3 is 0 Å². The summed E-state index contributed by atoms with van der Waals surface area (Å²) in [5, 5.41) is 4.54. The zero-order valence-corrected chi connectivity index (χ0v) is 15.5. The number of aromatic nitrogens is 2. The molecule has 0 atom stereocenters. The molecule has 0 N–H and O–H groups in total. The van der Waals surface area contributed by atoms with Crippen LogP contribution in [0.1, 0.15) is 0 Å². The van der Waals surface area contributed by atoms with Crippen LogP contribution in [-0.4, -0.2) is 9.97 Å². The normalized spacial score (nSPS) is 11.4. The van der Waals surface area contributed by atoms with Crippen LogP contribution < -0.4 is 0 Å². The van der Waals surface area contributed by atoms with E-state index in [1.54, 1.807) is 12.5 Å². The molecular formula is C26H16N2O. The highest BCUT2D eigenvalue weighted by Gasteiger charge is 2.13. The Bertz CT molecular complexity index is 1490. The number of nitrogens with zero attached hydrogens (tertiary/aromatic N) is 2. The van der Waals surface area contributed by atoms with E-state index in [-0.39, 0.29) is 0 Å². The summed E-state index contributed by atoms with van der Waals surface area (Å²) in [6.45, 7) is 0. The van der Waals surface area contributed by atoms with Crippen LogP contribution in [0.3, 0.4) is 0 Å². The van der Waals surface area contributed by atoms with E-state index in [0.29, 0.717) is 0 Å². The first-order chi connectivity index (χ1) is 14.4. The zero-order valence-electron chi connectivity index (χ0n) is 15.5. The molecule has 0 saturated carbocycles. The van der Waals surface area contributed by atoms with E-state index in [1.165, 1.54) is 16.3 Å². The highest BCUT2D eigenvalue weighted by molar-refractivity contribution is 6.09. The van der Waals surface area contributed by atoms with Crippen molar-refractivity contribution in [3.8, 4) is 22.4 Å². The zero-order chi connectivity index (χ0) is 19.2. The molecule has 0 unspecified atom stereocenters. The summed E-state index contributed by atoms with van der Waals surface area (Å²) in [5.41, 5.74) is 5.97. The van der Waals surface area contributed by atoms with Crippen molar-refractivity contribution in [2.24, 2.45) is 0 Å². The SMILES string of the molecule is c1ccc2c(-c3ccc(-c4cc5ccoc5c5ncccc45)nc3)cccc2c1. The maximum absolute atomic E-state index is 5.66. The molecule has 0 bridgehead atoms. The third-order valence-corrected chi connectivity index (χ3v) is 5.45. The minimum atomic E-state index is 0.816. The molecule has 3 heteroatoms. The average molecular weight is 372 g/mol. The van der Waals surface area contributed by atoms with E-state index < -0.39 is 0 Å². The molecule has 0 aliphatic carbocycles. The molecule has 6 aromatic rings. The van der Waals surface area contributed by atoms with Gasteiger partial charge in [-0.25, -0.2) is 0 Å². The Balaban J connectivity index is 1.53. The molecule has 0 radical (unpaired) electrons. The van der Waals surface area contributed by atoms with Crippen molar-refractivity contribution in [3.05, 3.63) is 97.5 Å². The van der Waals surface area contributed by atoms with Gasteiger partial charge in [0.15, 0.2) is 5.58 Å². The molecule has 0 spiro atoms. The molecule has 3 nitrogen and oxygen atoms in total. The van der Waals surface area contributed by atoms with Gasteiger partial charge in [-0.05, 0) is 40.6 Å². The van der Waals surface area contributed by atoms with E-state index in [2.05, 4.69) is 71.7 Å². The second-order valence-corrected chi connectivity index (χ2v) is 7.12. The van der Waals surface area contributed by atoms with Crippen molar-refractivity contribution in [1.82, 2.24) is 9.97 Å². The molecule has 0 saturated heterocycles. The number of fused-ring (bicyclic) bond motifs is 4. The third kappa shape index (κ3) is 2.52. The standard InChI is InChI=1S/C26H16N2O/c1-2-7-20-17(5-1)6-3-8-21(20)19-10-11-24(28-16-19)23-15-18-12-14-29-26(18)25-22(23)9-4-13-27-25/h1-16H. The Morgan fingerprint density at radius 2 is 1.55 bits per heavy atom. The summed E-state index contributed by atoms with van der Waals surface area (Å²) in [4.78, 5) is 9.36. The van der Waals surface area contributed by atoms with Gasteiger partial charge in [0.2, 0.25) is 0 Å². The number of furan rings is 1. The van der Waals surface area contributed by atoms with Crippen molar-refractivity contribution >= 4 is 32.6 Å². The van der Waals surface area contributed by atoms with Crippen molar-refractivity contribution in [3.63, 3.8) is 0 Å². The number of pyridine rings is 2. The third-order valence-electron chi connectivity index (χ3n) is 5.45. The van der Waals surface area contributed by atoms with Gasteiger partial charge in [0.05, 0.1) is 12.0 Å². The average Bonchev–Trinajstić information content (AvgIpc) is 3.27. The summed E-state index contributed by atoms with van der Waals surface area (Å²) in [5.74, 6) is 0.